The normalized spacial score (nSPS) is 13.9. The van der Waals surface area contributed by atoms with Gasteiger partial charge in [-0.2, -0.15) is 0 Å². The minimum Gasteiger partial charge on any atom is -0.485 e. The van der Waals surface area contributed by atoms with Gasteiger partial charge in [0, 0.05) is 32.2 Å². The summed E-state index contributed by atoms with van der Waals surface area (Å²) in [5.74, 6) is -0.912. The summed E-state index contributed by atoms with van der Waals surface area (Å²) in [4.78, 5) is 45.3. The molecule has 41 heavy (non-hydrogen) atoms. The smallest absolute Gasteiger partial charge is 0.347 e. The summed E-state index contributed by atoms with van der Waals surface area (Å²) >= 11 is 0. The summed E-state index contributed by atoms with van der Waals surface area (Å²) in [6.07, 6.45) is 1.37. The number of amides is 1. The lowest BCUT2D eigenvalue weighted by molar-refractivity contribution is -0.128. The quantitative estimate of drug-likeness (QED) is 0.285. The maximum atomic E-state index is 14.0. The molecule has 1 atom stereocenters. The predicted octanol–water partition coefficient (Wildman–Crippen LogP) is 4.12. The maximum absolute atomic E-state index is 14.0. The van der Waals surface area contributed by atoms with E-state index in [1.54, 1.807) is 32.3 Å². The van der Waals surface area contributed by atoms with Gasteiger partial charge in [0.15, 0.2) is 17.1 Å². The monoisotopic (exact) mass is 559 g/mol. The number of rotatable bonds is 9. The molecule has 1 amide bonds. The van der Waals surface area contributed by atoms with Gasteiger partial charge in [-0.1, -0.05) is 42.5 Å². The molecular weight excluding hydrogens is 529 g/mol. The molecule has 0 fully saturated rings. The zero-order valence-corrected chi connectivity index (χ0v) is 23.1. The van der Waals surface area contributed by atoms with Crippen molar-refractivity contribution in [1.29, 1.82) is 0 Å². The van der Waals surface area contributed by atoms with Crippen LogP contribution in [0.1, 0.15) is 40.9 Å². The summed E-state index contributed by atoms with van der Waals surface area (Å²) in [7, 11) is 1.65. The molecule has 10 heteroatoms. The standard InChI is InChI=1S/C31H30FN3O6/c1-4-39-31(38)25-29(40-18-21-8-6-5-7-9-21)26-27-28(22(15-33-26)14-20-10-12-23(32)13-11-20)41-24(16-34(3)19(2)36)17-35(27)30(25)37/h5-13,15,24H,4,14,16-18H2,1-3H3/t24-/m0/s1. The van der Waals surface area contributed by atoms with Crippen LogP contribution < -0.4 is 15.0 Å². The minimum absolute atomic E-state index is 0.0149. The molecule has 0 aliphatic carbocycles. The second-order valence-corrected chi connectivity index (χ2v) is 9.87. The molecule has 1 aliphatic heterocycles. The van der Waals surface area contributed by atoms with Crippen molar-refractivity contribution in [2.45, 2.75) is 39.5 Å². The van der Waals surface area contributed by atoms with E-state index in [0.29, 0.717) is 23.3 Å². The highest BCUT2D eigenvalue weighted by Gasteiger charge is 2.33. The van der Waals surface area contributed by atoms with Gasteiger partial charge in [0.2, 0.25) is 5.91 Å². The van der Waals surface area contributed by atoms with Crippen molar-refractivity contribution < 1.29 is 28.2 Å². The Morgan fingerprint density at radius 3 is 2.54 bits per heavy atom. The second kappa shape index (κ2) is 11.8. The van der Waals surface area contributed by atoms with Gasteiger partial charge in [-0.25, -0.2) is 9.18 Å². The van der Waals surface area contributed by atoms with Crippen LogP contribution in [-0.4, -0.2) is 52.6 Å². The molecule has 0 unspecified atom stereocenters. The highest BCUT2D eigenvalue weighted by Crippen LogP contribution is 2.38. The predicted molar refractivity (Wildman–Crippen MR) is 150 cm³/mol. The van der Waals surface area contributed by atoms with Gasteiger partial charge in [-0.3, -0.25) is 19.1 Å². The van der Waals surface area contributed by atoms with Crippen LogP contribution in [0.5, 0.6) is 11.5 Å². The van der Waals surface area contributed by atoms with Gasteiger partial charge in [0.05, 0.1) is 19.7 Å². The highest BCUT2D eigenvalue weighted by atomic mass is 19.1. The van der Waals surface area contributed by atoms with Gasteiger partial charge < -0.3 is 19.1 Å². The van der Waals surface area contributed by atoms with Gasteiger partial charge in [0.25, 0.3) is 5.56 Å². The number of likely N-dealkylation sites (N-methyl/N-ethyl adjacent to an activating group) is 1. The van der Waals surface area contributed by atoms with Crippen LogP contribution in [0.2, 0.25) is 0 Å². The van der Waals surface area contributed by atoms with Crippen molar-refractivity contribution in [3.8, 4) is 11.5 Å². The van der Waals surface area contributed by atoms with Crippen LogP contribution in [0, 0.1) is 5.82 Å². The first-order valence-corrected chi connectivity index (χ1v) is 13.3. The maximum Gasteiger partial charge on any atom is 0.347 e. The highest BCUT2D eigenvalue weighted by molar-refractivity contribution is 6.00. The number of carbonyl (C=O) groups is 2. The Labute approximate surface area is 236 Å². The van der Waals surface area contributed by atoms with Crippen LogP contribution in [0.15, 0.2) is 65.6 Å². The molecule has 9 nitrogen and oxygen atoms in total. The number of halogens is 1. The molecule has 4 aromatic rings. The van der Waals surface area contributed by atoms with E-state index in [2.05, 4.69) is 4.98 Å². The molecular formula is C31H30FN3O6. The van der Waals surface area contributed by atoms with Crippen LogP contribution in [0.4, 0.5) is 4.39 Å². The zero-order valence-electron chi connectivity index (χ0n) is 23.1. The number of hydrogen-bond donors (Lipinski definition) is 0. The lowest BCUT2D eigenvalue weighted by atomic mass is 10.0. The van der Waals surface area contributed by atoms with E-state index in [0.717, 1.165) is 11.1 Å². The third-order valence-electron chi connectivity index (χ3n) is 6.95. The van der Waals surface area contributed by atoms with Crippen molar-refractivity contribution in [2.75, 3.05) is 20.2 Å². The van der Waals surface area contributed by atoms with E-state index in [9.17, 15) is 18.8 Å². The van der Waals surface area contributed by atoms with Crippen molar-refractivity contribution in [2.24, 2.45) is 0 Å². The topological polar surface area (TPSA) is 100.0 Å². The number of nitrogens with zero attached hydrogens (tertiary/aromatic N) is 3. The van der Waals surface area contributed by atoms with E-state index < -0.39 is 17.6 Å². The minimum atomic E-state index is -0.811. The molecule has 1 aliphatic rings. The molecule has 2 aromatic heterocycles. The van der Waals surface area contributed by atoms with Gasteiger partial charge in [-0.15, -0.1) is 0 Å². The number of ether oxygens (including phenoxy) is 3. The number of benzene rings is 2. The van der Waals surface area contributed by atoms with Crippen LogP contribution in [-0.2, 0) is 29.1 Å². The van der Waals surface area contributed by atoms with E-state index in [4.69, 9.17) is 14.2 Å². The molecule has 0 radical (unpaired) electrons. The average molecular weight is 560 g/mol. The number of hydrogen-bond acceptors (Lipinski definition) is 7. The zero-order chi connectivity index (χ0) is 29.1. The van der Waals surface area contributed by atoms with E-state index in [1.165, 1.54) is 28.5 Å². The van der Waals surface area contributed by atoms with Crippen LogP contribution in [0.3, 0.4) is 0 Å². The summed E-state index contributed by atoms with van der Waals surface area (Å²) in [6.45, 7) is 3.55. The van der Waals surface area contributed by atoms with Crippen LogP contribution in [0.25, 0.3) is 11.0 Å². The molecule has 3 heterocycles. The number of aromatic nitrogens is 2. The fourth-order valence-corrected chi connectivity index (χ4v) is 4.83. The largest absolute Gasteiger partial charge is 0.485 e. The third kappa shape index (κ3) is 5.77. The molecule has 0 saturated carbocycles. The number of esters is 1. The van der Waals surface area contributed by atoms with E-state index in [1.807, 2.05) is 30.3 Å². The summed E-state index contributed by atoms with van der Waals surface area (Å²) in [6, 6.07) is 15.4. The van der Waals surface area contributed by atoms with Crippen molar-refractivity contribution >= 4 is 22.9 Å². The van der Waals surface area contributed by atoms with E-state index in [-0.39, 0.29) is 54.9 Å². The molecule has 0 saturated heterocycles. The second-order valence-electron chi connectivity index (χ2n) is 9.87. The summed E-state index contributed by atoms with van der Waals surface area (Å²) in [5, 5.41) is 0. The molecule has 212 valence electrons. The first-order valence-electron chi connectivity index (χ1n) is 13.3. The summed E-state index contributed by atoms with van der Waals surface area (Å²) in [5.41, 5.74) is 2.12. The number of carbonyl (C=O) groups excluding carboxylic acids is 2. The number of pyridine rings is 2. The van der Waals surface area contributed by atoms with Gasteiger partial charge in [0.1, 0.15) is 29.6 Å². The molecule has 0 spiro atoms. The lowest BCUT2D eigenvalue weighted by Gasteiger charge is -2.32. The Morgan fingerprint density at radius 2 is 1.85 bits per heavy atom. The molecule has 2 aromatic carbocycles. The van der Waals surface area contributed by atoms with Crippen LogP contribution >= 0.6 is 0 Å². The summed E-state index contributed by atoms with van der Waals surface area (Å²) < 4.78 is 32.8. The van der Waals surface area contributed by atoms with Crippen molar-refractivity contribution in [3.05, 3.63) is 99.2 Å². The third-order valence-corrected chi connectivity index (χ3v) is 6.95. The molecule has 5 rings (SSSR count). The van der Waals surface area contributed by atoms with Gasteiger partial charge in [-0.05, 0) is 30.2 Å². The SMILES string of the molecule is CCOC(=O)c1c(OCc2ccccc2)c2ncc(Cc3ccc(F)cc3)c3c2n(c1=O)C[C@H](CN(C)C(C)=O)O3. The molecule has 0 N–H and O–H groups in total. The molecule has 0 bridgehead atoms. The first kappa shape index (κ1) is 27.8. The Kier molecular flexibility index (Phi) is 8.00. The first-order chi connectivity index (χ1) is 19.8. The Balaban J connectivity index is 1.69. The lowest BCUT2D eigenvalue weighted by Crippen LogP contribution is -2.44. The average Bonchev–Trinajstić information content (AvgIpc) is 2.96. The van der Waals surface area contributed by atoms with Crippen molar-refractivity contribution in [3.63, 3.8) is 0 Å². The fraction of sp³-hybridized carbons (Fsp3) is 0.290. The van der Waals surface area contributed by atoms with Crippen molar-refractivity contribution in [1.82, 2.24) is 14.5 Å². The Hall–Kier alpha value is -4.73. The van der Waals surface area contributed by atoms with Gasteiger partial charge >= 0.3 is 5.97 Å². The van der Waals surface area contributed by atoms with E-state index >= 15 is 0 Å². The Bertz CT molecular complexity index is 1650. The fourth-order valence-electron chi connectivity index (χ4n) is 4.83. The Morgan fingerprint density at radius 1 is 1.12 bits per heavy atom.